The number of amides is 3. The van der Waals surface area contributed by atoms with Gasteiger partial charge in [-0.15, -0.1) is 0 Å². The van der Waals surface area contributed by atoms with Gasteiger partial charge in [0.1, 0.15) is 0 Å². The zero-order valence-corrected chi connectivity index (χ0v) is 11.4. The number of nitrogens with one attached hydrogen (secondary N) is 2. The Bertz CT molecular complexity index is 387. The van der Waals surface area contributed by atoms with Crippen molar-refractivity contribution in [3.05, 3.63) is 0 Å². The fourth-order valence-corrected chi connectivity index (χ4v) is 2.25. The fourth-order valence-electron chi connectivity index (χ4n) is 2.25. The number of hydrogen-bond acceptors (Lipinski definition) is 3. The van der Waals surface area contributed by atoms with E-state index in [9.17, 15) is 14.4 Å². The average Bonchev–Trinajstić information content (AvgIpc) is 3.22. The molecule has 0 unspecified atom stereocenters. The third kappa shape index (κ3) is 4.40. The summed E-state index contributed by atoms with van der Waals surface area (Å²) >= 11 is 0. The van der Waals surface area contributed by atoms with E-state index < -0.39 is 5.97 Å². The maximum Gasteiger partial charge on any atom is 0.317 e. The molecule has 0 aromatic heterocycles. The van der Waals surface area contributed by atoms with Gasteiger partial charge in [0.2, 0.25) is 5.91 Å². The predicted molar refractivity (Wildman–Crippen MR) is 71.1 cm³/mol. The van der Waals surface area contributed by atoms with Gasteiger partial charge in [0.05, 0.1) is 5.92 Å². The number of carbonyl (C=O) groups excluding carboxylic acids is 2. The first-order chi connectivity index (χ1) is 9.56. The van der Waals surface area contributed by atoms with Crippen molar-refractivity contribution in [2.24, 2.45) is 5.92 Å². The average molecular weight is 283 g/mol. The molecular formula is C13H21N3O4. The maximum atomic E-state index is 11.8. The summed E-state index contributed by atoms with van der Waals surface area (Å²) in [5, 5.41) is 14.4. The first-order valence-electron chi connectivity index (χ1n) is 7.11. The Morgan fingerprint density at radius 2 is 1.75 bits per heavy atom. The second-order valence-corrected chi connectivity index (χ2v) is 5.42. The predicted octanol–water partition coefficient (Wildman–Crippen LogP) is 0.161. The quantitative estimate of drug-likeness (QED) is 0.669. The monoisotopic (exact) mass is 283 g/mol. The summed E-state index contributed by atoms with van der Waals surface area (Å²) in [5.41, 5.74) is 0. The molecule has 1 saturated heterocycles. The van der Waals surface area contributed by atoms with Crippen molar-refractivity contribution in [1.82, 2.24) is 15.5 Å². The molecule has 112 valence electrons. The summed E-state index contributed by atoms with van der Waals surface area (Å²) in [6.07, 6.45) is 3.37. The summed E-state index contributed by atoms with van der Waals surface area (Å²) in [4.78, 5) is 35.7. The third-order valence-electron chi connectivity index (χ3n) is 3.70. The van der Waals surface area contributed by atoms with Crippen LogP contribution in [0.15, 0.2) is 0 Å². The summed E-state index contributed by atoms with van der Waals surface area (Å²) in [7, 11) is 0. The number of nitrogens with zero attached hydrogens (tertiary/aromatic N) is 1. The van der Waals surface area contributed by atoms with E-state index in [1.165, 1.54) is 0 Å². The van der Waals surface area contributed by atoms with Gasteiger partial charge in [-0.2, -0.15) is 0 Å². The minimum absolute atomic E-state index is 0.0302. The van der Waals surface area contributed by atoms with E-state index in [2.05, 4.69) is 10.6 Å². The highest BCUT2D eigenvalue weighted by Gasteiger charge is 2.27. The normalized spacial score (nSPS) is 19.5. The van der Waals surface area contributed by atoms with Crippen molar-refractivity contribution in [3.8, 4) is 0 Å². The second-order valence-electron chi connectivity index (χ2n) is 5.42. The van der Waals surface area contributed by atoms with E-state index in [-0.39, 0.29) is 24.3 Å². The highest BCUT2D eigenvalue weighted by atomic mass is 16.4. The molecule has 2 rings (SSSR count). The Morgan fingerprint density at radius 3 is 2.30 bits per heavy atom. The molecule has 1 saturated carbocycles. The van der Waals surface area contributed by atoms with Crippen LogP contribution in [0.4, 0.5) is 4.79 Å². The van der Waals surface area contributed by atoms with E-state index in [0.717, 1.165) is 12.8 Å². The Balaban J connectivity index is 1.60. The molecular weight excluding hydrogens is 262 g/mol. The maximum absolute atomic E-state index is 11.8. The van der Waals surface area contributed by atoms with Crippen LogP contribution in [-0.4, -0.2) is 53.6 Å². The highest BCUT2D eigenvalue weighted by molar-refractivity contribution is 5.79. The Kier molecular flexibility index (Phi) is 4.81. The molecule has 0 atom stereocenters. The van der Waals surface area contributed by atoms with E-state index >= 15 is 0 Å². The van der Waals surface area contributed by atoms with Crippen LogP contribution in [0, 0.1) is 5.92 Å². The number of urea groups is 1. The lowest BCUT2D eigenvalue weighted by atomic mass is 9.97. The van der Waals surface area contributed by atoms with Gasteiger partial charge in [-0.3, -0.25) is 9.59 Å². The van der Waals surface area contributed by atoms with Gasteiger partial charge in [-0.05, 0) is 25.7 Å². The smallest absolute Gasteiger partial charge is 0.317 e. The molecule has 3 amide bonds. The molecule has 1 heterocycles. The topological polar surface area (TPSA) is 98.7 Å². The summed E-state index contributed by atoms with van der Waals surface area (Å²) in [6.45, 7) is 1.23. The summed E-state index contributed by atoms with van der Waals surface area (Å²) in [5.74, 6) is -1.16. The number of aliphatic carboxylic acids is 1. The highest BCUT2D eigenvalue weighted by Crippen LogP contribution is 2.18. The van der Waals surface area contributed by atoms with Crippen LogP contribution in [0.1, 0.15) is 32.1 Å². The summed E-state index contributed by atoms with van der Waals surface area (Å²) in [6, 6.07) is 0.126. The van der Waals surface area contributed by atoms with Crippen molar-refractivity contribution in [2.75, 3.05) is 19.6 Å². The first-order valence-corrected chi connectivity index (χ1v) is 7.11. The number of carboxylic acid groups (broad SMARTS) is 1. The molecule has 7 heteroatoms. The standard InChI is InChI=1S/C13H21N3O4/c17-11(15-10-1-2-10)3-6-14-13(20)16-7-4-9(5-8-16)12(18)19/h9-10H,1-8H2,(H,14,20)(H,15,17)(H,18,19). The summed E-state index contributed by atoms with van der Waals surface area (Å²) < 4.78 is 0. The SMILES string of the molecule is O=C(CCNC(=O)N1CCC(C(=O)O)CC1)NC1CC1. The Labute approximate surface area is 117 Å². The Hall–Kier alpha value is -1.79. The minimum Gasteiger partial charge on any atom is -0.481 e. The van der Waals surface area contributed by atoms with Gasteiger partial charge in [-0.25, -0.2) is 4.79 Å². The third-order valence-corrected chi connectivity index (χ3v) is 3.70. The van der Waals surface area contributed by atoms with Gasteiger partial charge in [0.25, 0.3) is 0 Å². The fraction of sp³-hybridized carbons (Fsp3) is 0.769. The molecule has 2 fully saturated rings. The van der Waals surface area contributed by atoms with Crippen LogP contribution in [0.25, 0.3) is 0 Å². The number of rotatable bonds is 5. The lowest BCUT2D eigenvalue weighted by Gasteiger charge is -2.30. The number of carbonyl (C=O) groups is 3. The molecule has 0 aromatic rings. The van der Waals surface area contributed by atoms with Crippen molar-refractivity contribution >= 4 is 17.9 Å². The van der Waals surface area contributed by atoms with Crippen LogP contribution in [0.2, 0.25) is 0 Å². The van der Waals surface area contributed by atoms with Crippen molar-refractivity contribution in [3.63, 3.8) is 0 Å². The van der Waals surface area contributed by atoms with E-state index in [4.69, 9.17) is 5.11 Å². The van der Waals surface area contributed by atoms with Gasteiger partial charge >= 0.3 is 12.0 Å². The zero-order chi connectivity index (χ0) is 14.5. The van der Waals surface area contributed by atoms with Gasteiger partial charge in [-0.1, -0.05) is 0 Å². The van der Waals surface area contributed by atoms with Crippen molar-refractivity contribution in [1.29, 1.82) is 0 Å². The number of carboxylic acids is 1. The lowest BCUT2D eigenvalue weighted by molar-refractivity contribution is -0.143. The Morgan fingerprint density at radius 1 is 1.10 bits per heavy atom. The van der Waals surface area contributed by atoms with Gasteiger partial charge in [0, 0.05) is 32.1 Å². The van der Waals surface area contributed by atoms with Gasteiger partial charge in [0.15, 0.2) is 0 Å². The molecule has 3 N–H and O–H groups in total. The van der Waals surface area contributed by atoms with E-state index in [1.54, 1.807) is 4.90 Å². The molecule has 20 heavy (non-hydrogen) atoms. The second kappa shape index (κ2) is 6.58. The van der Waals surface area contributed by atoms with Crippen LogP contribution in [0.5, 0.6) is 0 Å². The van der Waals surface area contributed by atoms with Gasteiger partial charge < -0.3 is 20.6 Å². The largest absolute Gasteiger partial charge is 0.481 e. The van der Waals surface area contributed by atoms with E-state index in [0.29, 0.717) is 38.5 Å². The molecule has 1 aliphatic carbocycles. The van der Waals surface area contributed by atoms with Crippen LogP contribution in [-0.2, 0) is 9.59 Å². The lowest BCUT2D eigenvalue weighted by Crippen LogP contribution is -2.46. The van der Waals surface area contributed by atoms with Crippen LogP contribution < -0.4 is 10.6 Å². The molecule has 0 bridgehead atoms. The van der Waals surface area contributed by atoms with E-state index in [1.807, 2.05) is 0 Å². The number of likely N-dealkylation sites (tertiary alicyclic amines) is 1. The number of piperidine rings is 1. The number of hydrogen-bond donors (Lipinski definition) is 3. The van der Waals surface area contributed by atoms with Crippen LogP contribution >= 0.6 is 0 Å². The van der Waals surface area contributed by atoms with Crippen molar-refractivity contribution < 1.29 is 19.5 Å². The van der Waals surface area contributed by atoms with Crippen LogP contribution in [0.3, 0.4) is 0 Å². The molecule has 0 radical (unpaired) electrons. The molecule has 0 aromatic carbocycles. The minimum atomic E-state index is -0.790. The first kappa shape index (κ1) is 14.6. The molecule has 0 spiro atoms. The molecule has 2 aliphatic rings. The molecule has 7 nitrogen and oxygen atoms in total. The molecule has 1 aliphatic heterocycles. The zero-order valence-electron chi connectivity index (χ0n) is 11.4. The van der Waals surface area contributed by atoms with Crippen molar-refractivity contribution in [2.45, 2.75) is 38.1 Å².